The molecule has 2 amide bonds. The minimum absolute atomic E-state index is 0.0767. The first kappa shape index (κ1) is 19.8. The summed E-state index contributed by atoms with van der Waals surface area (Å²) in [5, 5.41) is -0.135. The van der Waals surface area contributed by atoms with Gasteiger partial charge in [-0.3, -0.25) is 9.59 Å². The number of hydrogen-bond acceptors (Lipinski definition) is 3. The number of amides is 2. The number of carbonyl (C=O) groups is 2. The number of hydrogen-bond donors (Lipinski definition) is 0. The summed E-state index contributed by atoms with van der Waals surface area (Å²) >= 11 is 1.58. The molecule has 0 N–H and O–H groups in total. The molecule has 2 heterocycles. The molecule has 0 spiro atoms. The molecule has 4 rings (SSSR count). The minimum Gasteiger partial charge on any atom is -0.338 e. The molecule has 0 saturated carbocycles. The van der Waals surface area contributed by atoms with Crippen LogP contribution in [-0.2, 0) is 17.4 Å². The van der Waals surface area contributed by atoms with E-state index in [1.807, 2.05) is 24.3 Å². The van der Waals surface area contributed by atoms with Gasteiger partial charge >= 0.3 is 6.18 Å². The Hall–Kier alpha value is -2.48. The third kappa shape index (κ3) is 4.12. The summed E-state index contributed by atoms with van der Waals surface area (Å²) in [5.74, 6) is -0.235. The number of thioether (sulfide) groups is 1. The van der Waals surface area contributed by atoms with Crippen molar-refractivity contribution in [1.29, 1.82) is 0 Å². The summed E-state index contributed by atoms with van der Waals surface area (Å²) in [7, 11) is 0. The lowest BCUT2D eigenvalue weighted by Gasteiger charge is -2.35. The van der Waals surface area contributed by atoms with E-state index in [1.54, 1.807) is 21.6 Å². The molecule has 0 radical (unpaired) electrons. The number of alkyl halides is 3. The van der Waals surface area contributed by atoms with Gasteiger partial charge in [0, 0.05) is 36.6 Å². The Labute approximate surface area is 170 Å². The van der Waals surface area contributed by atoms with Crippen LogP contribution in [0.4, 0.5) is 13.2 Å². The van der Waals surface area contributed by atoms with Crippen LogP contribution in [0, 0.1) is 0 Å². The summed E-state index contributed by atoms with van der Waals surface area (Å²) in [4.78, 5) is 29.9. The van der Waals surface area contributed by atoms with E-state index >= 15 is 0 Å². The molecule has 0 aromatic heterocycles. The number of fused-ring (bicyclic) bond motifs is 1. The molecular formula is C21H19F3N2O2S. The molecule has 152 valence electrons. The molecule has 2 aromatic rings. The highest BCUT2D eigenvalue weighted by Gasteiger charge is 2.34. The molecular weight excluding hydrogens is 401 g/mol. The number of nitrogens with zero attached hydrogens (tertiary/aromatic N) is 2. The van der Waals surface area contributed by atoms with Crippen molar-refractivity contribution in [2.24, 2.45) is 0 Å². The zero-order valence-electron chi connectivity index (χ0n) is 15.5. The zero-order chi connectivity index (χ0) is 20.6. The third-order valence-electron chi connectivity index (χ3n) is 5.26. The van der Waals surface area contributed by atoms with Crippen molar-refractivity contribution in [3.05, 3.63) is 65.2 Å². The Bertz CT molecular complexity index is 897. The number of benzene rings is 2. The van der Waals surface area contributed by atoms with Gasteiger partial charge in [-0.05, 0) is 42.3 Å². The summed E-state index contributed by atoms with van der Waals surface area (Å²) in [6.45, 7) is 1.60. The van der Waals surface area contributed by atoms with Gasteiger partial charge in [-0.2, -0.15) is 13.2 Å². The number of halogens is 3. The lowest BCUT2D eigenvalue weighted by molar-refractivity contribution is -0.137. The second-order valence-electron chi connectivity index (χ2n) is 7.11. The lowest BCUT2D eigenvalue weighted by Crippen LogP contribution is -2.52. The molecule has 0 bridgehead atoms. The Morgan fingerprint density at radius 2 is 1.52 bits per heavy atom. The predicted octanol–water partition coefficient (Wildman–Crippen LogP) is 3.71. The molecule has 1 unspecified atom stereocenters. The van der Waals surface area contributed by atoms with E-state index in [2.05, 4.69) is 0 Å². The van der Waals surface area contributed by atoms with E-state index in [4.69, 9.17) is 0 Å². The molecule has 2 aliphatic rings. The van der Waals surface area contributed by atoms with Gasteiger partial charge in [0.15, 0.2) is 0 Å². The lowest BCUT2D eigenvalue weighted by atomic mass is 10.1. The number of piperazine rings is 1. The van der Waals surface area contributed by atoms with Gasteiger partial charge in [-0.25, -0.2) is 0 Å². The molecule has 29 heavy (non-hydrogen) atoms. The maximum atomic E-state index is 12.8. The zero-order valence-corrected chi connectivity index (χ0v) is 16.3. The van der Waals surface area contributed by atoms with E-state index in [0.717, 1.165) is 17.0 Å². The molecule has 2 aromatic carbocycles. The summed E-state index contributed by atoms with van der Waals surface area (Å²) in [5.41, 5.74) is 0.631. The molecule has 4 nitrogen and oxygen atoms in total. The highest BCUT2D eigenvalue weighted by Crippen LogP contribution is 2.37. The smallest absolute Gasteiger partial charge is 0.338 e. The van der Waals surface area contributed by atoms with Crippen molar-refractivity contribution in [3.8, 4) is 0 Å². The summed E-state index contributed by atoms with van der Waals surface area (Å²) < 4.78 is 38.0. The van der Waals surface area contributed by atoms with E-state index in [1.165, 1.54) is 17.7 Å². The van der Waals surface area contributed by atoms with Gasteiger partial charge in [-0.1, -0.05) is 18.2 Å². The number of carbonyl (C=O) groups excluding carboxylic acids is 2. The average Bonchev–Trinajstić information content (AvgIpc) is 3.16. The van der Waals surface area contributed by atoms with Crippen LogP contribution in [0.15, 0.2) is 53.4 Å². The van der Waals surface area contributed by atoms with Crippen LogP contribution >= 0.6 is 11.8 Å². The van der Waals surface area contributed by atoms with Crippen LogP contribution in [0.3, 0.4) is 0 Å². The van der Waals surface area contributed by atoms with Crippen LogP contribution in [0.5, 0.6) is 0 Å². The fourth-order valence-corrected chi connectivity index (χ4v) is 4.92. The summed E-state index contributed by atoms with van der Waals surface area (Å²) in [6, 6.07) is 12.2. The highest BCUT2D eigenvalue weighted by atomic mass is 32.2. The molecule has 0 aliphatic carbocycles. The molecule has 1 fully saturated rings. The Morgan fingerprint density at radius 3 is 2.14 bits per heavy atom. The van der Waals surface area contributed by atoms with Crippen LogP contribution in [0.25, 0.3) is 0 Å². The first-order valence-electron chi connectivity index (χ1n) is 9.33. The maximum absolute atomic E-state index is 12.8. The van der Waals surface area contributed by atoms with Gasteiger partial charge in [0.2, 0.25) is 5.91 Å². The largest absolute Gasteiger partial charge is 0.416 e. The minimum atomic E-state index is -4.43. The van der Waals surface area contributed by atoms with Crippen molar-refractivity contribution in [1.82, 2.24) is 9.80 Å². The van der Waals surface area contributed by atoms with Gasteiger partial charge in [-0.15, -0.1) is 11.8 Å². The maximum Gasteiger partial charge on any atom is 0.416 e. The van der Waals surface area contributed by atoms with Crippen molar-refractivity contribution >= 4 is 23.6 Å². The van der Waals surface area contributed by atoms with Gasteiger partial charge in [0.05, 0.1) is 10.8 Å². The van der Waals surface area contributed by atoms with Crippen LogP contribution in [0.1, 0.15) is 21.5 Å². The predicted molar refractivity (Wildman–Crippen MR) is 104 cm³/mol. The normalized spacial score (nSPS) is 19.2. The first-order chi connectivity index (χ1) is 13.8. The quantitative estimate of drug-likeness (QED) is 0.744. The Balaban J connectivity index is 1.33. The number of rotatable bonds is 2. The second-order valence-corrected chi connectivity index (χ2v) is 8.36. The van der Waals surface area contributed by atoms with E-state index in [9.17, 15) is 22.8 Å². The van der Waals surface area contributed by atoms with Crippen LogP contribution < -0.4 is 0 Å². The van der Waals surface area contributed by atoms with E-state index < -0.39 is 11.7 Å². The van der Waals surface area contributed by atoms with Gasteiger partial charge < -0.3 is 9.80 Å². The van der Waals surface area contributed by atoms with E-state index in [-0.39, 0.29) is 22.6 Å². The topological polar surface area (TPSA) is 40.6 Å². The molecule has 2 aliphatic heterocycles. The highest BCUT2D eigenvalue weighted by molar-refractivity contribution is 8.01. The monoisotopic (exact) mass is 420 g/mol. The Morgan fingerprint density at radius 1 is 0.897 bits per heavy atom. The molecule has 8 heteroatoms. The van der Waals surface area contributed by atoms with Crippen molar-refractivity contribution in [2.75, 3.05) is 26.2 Å². The van der Waals surface area contributed by atoms with Crippen molar-refractivity contribution in [2.45, 2.75) is 22.7 Å². The van der Waals surface area contributed by atoms with Crippen molar-refractivity contribution in [3.63, 3.8) is 0 Å². The summed E-state index contributed by atoms with van der Waals surface area (Å²) in [6.07, 6.45) is -3.71. The fraction of sp³-hybridized carbons (Fsp3) is 0.333. The Kier molecular flexibility index (Phi) is 5.29. The van der Waals surface area contributed by atoms with E-state index in [0.29, 0.717) is 32.6 Å². The van der Waals surface area contributed by atoms with Crippen LogP contribution in [0.2, 0.25) is 0 Å². The molecule has 1 atom stereocenters. The van der Waals surface area contributed by atoms with Crippen molar-refractivity contribution < 1.29 is 22.8 Å². The molecule has 1 saturated heterocycles. The fourth-order valence-electron chi connectivity index (χ4n) is 3.64. The van der Waals surface area contributed by atoms with Gasteiger partial charge in [0.1, 0.15) is 0 Å². The third-order valence-corrected chi connectivity index (χ3v) is 6.57. The van der Waals surface area contributed by atoms with Crippen LogP contribution in [-0.4, -0.2) is 53.0 Å². The SMILES string of the molecule is O=C(c1ccc(C(F)(F)F)cc1)N1CCN(C(=O)C2Cc3ccccc3S2)CC1. The second kappa shape index (κ2) is 7.74. The average molecular weight is 420 g/mol. The first-order valence-corrected chi connectivity index (χ1v) is 10.2. The standard InChI is InChI=1S/C21H19F3N2O2S/c22-21(23,24)16-7-5-14(6-8-16)19(27)25-9-11-26(12-10-25)20(28)18-13-15-3-1-2-4-17(15)29-18/h1-8,18H,9-13H2. The van der Waals surface area contributed by atoms with Gasteiger partial charge in [0.25, 0.3) is 5.91 Å².